The highest BCUT2D eigenvalue weighted by molar-refractivity contribution is 5.72. The molecule has 0 atom stereocenters. The number of hydrogen-bond donors (Lipinski definition) is 4. The fourth-order valence-corrected chi connectivity index (χ4v) is 0.372. The predicted octanol–water partition coefficient (Wildman–Crippen LogP) is -2.90. The normalized spacial score (nSPS) is 10.3. The van der Waals surface area contributed by atoms with E-state index in [1.165, 1.54) is 0 Å². The molecule has 0 aliphatic heterocycles. The van der Waals surface area contributed by atoms with Crippen LogP contribution in [0.25, 0.3) is 0 Å². The lowest BCUT2D eigenvalue weighted by atomic mass is 10.7. The zero-order chi connectivity index (χ0) is 9.40. The van der Waals surface area contributed by atoms with Gasteiger partial charge in [0.25, 0.3) is 6.29 Å². The fourth-order valence-electron chi connectivity index (χ4n) is 0.372. The highest BCUT2D eigenvalue weighted by Gasteiger charge is 2.20. The number of rotatable bonds is 6. The van der Waals surface area contributed by atoms with Gasteiger partial charge in [0.1, 0.15) is 0 Å². The molecule has 0 saturated carbocycles. The number of nitrogens with two attached hydrogens (primary N) is 3. The number of hydroxylamine groups is 1. The number of carbonyl (C=O) groups is 1. The van der Waals surface area contributed by atoms with E-state index in [0.29, 0.717) is 13.1 Å². The van der Waals surface area contributed by atoms with E-state index >= 15 is 0 Å². The molecule has 0 aromatic carbocycles. The van der Waals surface area contributed by atoms with Crippen LogP contribution in [0.1, 0.15) is 0 Å². The van der Waals surface area contributed by atoms with Crippen LogP contribution in [0.15, 0.2) is 0 Å². The Kier molecular flexibility index (Phi) is 6.47. The average molecular weight is 180 g/mol. The van der Waals surface area contributed by atoms with E-state index in [-0.39, 0.29) is 0 Å². The van der Waals surface area contributed by atoms with Crippen molar-refractivity contribution in [3.8, 4) is 0 Å². The Balaban J connectivity index is 3.54. The average Bonchev–Trinajstić information content (AvgIpc) is 2.07. The molecule has 72 valence electrons. The third-order valence-corrected chi connectivity index (χ3v) is 0.859. The maximum absolute atomic E-state index is 10.7. The van der Waals surface area contributed by atoms with Crippen molar-refractivity contribution < 1.29 is 19.3 Å². The Bertz CT molecular complexity index is 128. The van der Waals surface area contributed by atoms with Gasteiger partial charge in [-0.05, 0) is 0 Å². The van der Waals surface area contributed by atoms with E-state index < -0.39 is 12.3 Å². The molecule has 0 aliphatic rings. The number of hydrogen-bond acceptors (Lipinski definition) is 8. The molecule has 0 aliphatic carbocycles. The van der Waals surface area contributed by atoms with Crippen molar-refractivity contribution in [2.75, 3.05) is 13.1 Å². The molecule has 7 N–H and O–H groups in total. The van der Waals surface area contributed by atoms with E-state index in [1.54, 1.807) is 0 Å². The molecule has 0 bridgehead atoms. The summed E-state index contributed by atoms with van der Waals surface area (Å²) in [5.74, 6) is 8.38. The molecular weight excluding hydrogens is 168 g/mol. The molecule has 0 saturated heterocycles. The minimum absolute atomic E-state index is 0.313. The molecule has 8 nitrogen and oxygen atoms in total. The minimum atomic E-state index is -1.43. The first-order valence-corrected chi connectivity index (χ1v) is 3.11. The van der Waals surface area contributed by atoms with Gasteiger partial charge in [-0.3, -0.25) is 9.68 Å². The van der Waals surface area contributed by atoms with Crippen LogP contribution < -0.4 is 23.0 Å². The Labute approximate surface area is 68.8 Å². The third kappa shape index (κ3) is 4.18. The smallest absolute Gasteiger partial charge is 0.366 e. The highest BCUT2D eigenvalue weighted by Crippen LogP contribution is 1.88. The van der Waals surface area contributed by atoms with Crippen molar-refractivity contribution in [1.29, 1.82) is 0 Å². The monoisotopic (exact) mass is 180 g/mol. The largest absolute Gasteiger partial charge is 0.385 e. The molecule has 0 radical (unpaired) electrons. The summed E-state index contributed by atoms with van der Waals surface area (Å²) < 4.78 is 0. The van der Waals surface area contributed by atoms with E-state index in [0.717, 1.165) is 0 Å². The molecule has 8 heteroatoms. The molecule has 0 fully saturated rings. The lowest BCUT2D eigenvalue weighted by Gasteiger charge is -2.10. The van der Waals surface area contributed by atoms with Crippen molar-refractivity contribution in [3.05, 3.63) is 0 Å². The Morgan fingerprint density at radius 2 is 2.00 bits per heavy atom. The first-order valence-electron chi connectivity index (χ1n) is 3.11. The third-order valence-electron chi connectivity index (χ3n) is 0.859. The van der Waals surface area contributed by atoms with Gasteiger partial charge in [-0.1, -0.05) is 0 Å². The molecule has 0 spiro atoms. The summed E-state index contributed by atoms with van der Waals surface area (Å²) in [6, 6.07) is 0. The number of nitrogens with one attached hydrogen (secondary N) is 1. The molecule has 0 amide bonds. The lowest BCUT2D eigenvalue weighted by Crippen LogP contribution is -2.38. The standard InChI is InChI=1S/C4H12N4O4/c5-1-2-8-12-3(9)4(10-6)11-7/h4,8H,1-2,5-7H2. The molecule has 0 heterocycles. The molecule has 12 heavy (non-hydrogen) atoms. The van der Waals surface area contributed by atoms with E-state index in [1.807, 2.05) is 0 Å². The van der Waals surface area contributed by atoms with Gasteiger partial charge in [0.15, 0.2) is 0 Å². The van der Waals surface area contributed by atoms with Gasteiger partial charge in [-0.15, -0.1) is 0 Å². The number of carbonyl (C=O) groups excluding carboxylic acids is 1. The zero-order valence-corrected chi connectivity index (χ0v) is 6.36. The van der Waals surface area contributed by atoms with Gasteiger partial charge in [0.05, 0.1) is 0 Å². The summed E-state index contributed by atoms with van der Waals surface area (Å²) in [6.07, 6.45) is -1.43. The SMILES string of the molecule is NCCNOC(=O)C(ON)ON. The van der Waals surface area contributed by atoms with Crippen molar-refractivity contribution in [2.45, 2.75) is 6.29 Å². The van der Waals surface area contributed by atoms with Crippen molar-refractivity contribution in [3.63, 3.8) is 0 Å². The summed E-state index contributed by atoms with van der Waals surface area (Å²) in [5, 5.41) is 0. The topological polar surface area (TPSA) is 135 Å². The second kappa shape index (κ2) is 6.91. The first-order chi connectivity index (χ1) is 5.76. The van der Waals surface area contributed by atoms with Gasteiger partial charge in [-0.25, -0.2) is 16.6 Å². The van der Waals surface area contributed by atoms with Crippen LogP contribution >= 0.6 is 0 Å². The Morgan fingerprint density at radius 1 is 1.42 bits per heavy atom. The van der Waals surface area contributed by atoms with Crippen LogP contribution in [-0.4, -0.2) is 25.3 Å². The summed E-state index contributed by atoms with van der Waals surface area (Å²) in [7, 11) is 0. The maximum Gasteiger partial charge on any atom is 0.385 e. The molecular formula is C4H12N4O4. The van der Waals surface area contributed by atoms with Crippen molar-refractivity contribution >= 4 is 5.97 Å². The van der Waals surface area contributed by atoms with Crippen LogP contribution in [0, 0.1) is 0 Å². The van der Waals surface area contributed by atoms with Crippen LogP contribution in [0.4, 0.5) is 0 Å². The van der Waals surface area contributed by atoms with Crippen LogP contribution in [0.2, 0.25) is 0 Å². The Morgan fingerprint density at radius 3 is 2.42 bits per heavy atom. The van der Waals surface area contributed by atoms with Gasteiger partial charge >= 0.3 is 5.97 Å². The summed E-state index contributed by atoms with van der Waals surface area (Å²) in [4.78, 5) is 23.1. The summed E-state index contributed by atoms with van der Waals surface area (Å²) >= 11 is 0. The van der Waals surface area contributed by atoms with E-state index in [9.17, 15) is 4.79 Å². The highest BCUT2D eigenvalue weighted by atomic mass is 16.8. The first kappa shape index (κ1) is 11.2. The van der Waals surface area contributed by atoms with Crippen molar-refractivity contribution in [2.24, 2.45) is 17.5 Å². The van der Waals surface area contributed by atoms with E-state index in [2.05, 4.69) is 31.8 Å². The van der Waals surface area contributed by atoms with Crippen molar-refractivity contribution in [1.82, 2.24) is 5.48 Å². The van der Waals surface area contributed by atoms with Gasteiger partial charge in [0, 0.05) is 13.1 Å². The second-order valence-corrected chi connectivity index (χ2v) is 1.71. The Hall–Kier alpha value is -0.770. The van der Waals surface area contributed by atoms with Gasteiger partial charge in [-0.2, -0.15) is 5.48 Å². The molecule has 0 aromatic rings. The van der Waals surface area contributed by atoms with Gasteiger partial charge in [0.2, 0.25) is 0 Å². The van der Waals surface area contributed by atoms with Crippen LogP contribution in [-0.2, 0) is 19.3 Å². The molecule has 0 aromatic heterocycles. The van der Waals surface area contributed by atoms with Gasteiger partial charge < -0.3 is 10.6 Å². The fraction of sp³-hybridized carbons (Fsp3) is 0.750. The quantitative estimate of drug-likeness (QED) is 0.194. The molecule has 0 unspecified atom stereocenters. The minimum Gasteiger partial charge on any atom is -0.366 e. The van der Waals surface area contributed by atoms with Crippen LogP contribution in [0.5, 0.6) is 0 Å². The predicted molar refractivity (Wildman–Crippen MR) is 37.5 cm³/mol. The maximum atomic E-state index is 10.7. The zero-order valence-electron chi connectivity index (χ0n) is 6.36. The molecule has 0 rings (SSSR count). The summed E-state index contributed by atoms with van der Waals surface area (Å²) in [5.41, 5.74) is 7.33. The van der Waals surface area contributed by atoms with E-state index in [4.69, 9.17) is 5.73 Å². The van der Waals surface area contributed by atoms with Crippen LogP contribution in [0.3, 0.4) is 0 Å². The lowest BCUT2D eigenvalue weighted by molar-refractivity contribution is -0.204. The second-order valence-electron chi connectivity index (χ2n) is 1.71. The summed E-state index contributed by atoms with van der Waals surface area (Å²) in [6.45, 7) is 0.637.